The van der Waals surface area contributed by atoms with Crippen molar-refractivity contribution in [2.24, 2.45) is 0 Å². The van der Waals surface area contributed by atoms with Crippen molar-refractivity contribution in [1.29, 1.82) is 0 Å². The van der Waals surface area contributed by atoms with E-state index < -0.39 is 6.10 Å². The number of aliphatic hydroxyl groups excluding tert-OH is 1. The summed E-state index contributed by atoms with van der Waals surface area (Å²) in [6, 6.07) is 9.48. The van der Waals surface area contributed by atoms with Gasteiger partial charge in [-0.2, -0.15) is 0 Å². The number of halogens is 1. The fourth-order valence-electron chi connectivity index (χ4n) is 1.72. The zero-order valence-corrected chi connectivity index (χ0v) is 11.2. The molecule has 19 heavy (non-hydrogen) atoms. The highest BCUT2D eigenvalue weighted by Crippen LogP contribution is 2.28. The van der Waals surface area contributed by atoms with Gasteiger partial charge in [-0.15, -0.1) is 16.4 Å². The molecule has 3 aromatic rings. The summed E-state index contributed by atoms with van der Waals surface area (Å²) in [4.78, 5) is 4.07. The number of thiazole rings is 1. The van der Waals surface area contributed by atoms with E-state index in [9.17, 15) is 5.11 Å². The minimum Gasteiger partial charge on any atom is -0.379 e. The molecule has 1 N–H and O–H groups in total. The molecule has 0 aliphatic carbocycles. The molecule has 0 fully saturated rings. The van der Waals surface area contributed by atoms with Gasteiger partial charge in [0.1, 0.15) is 21.1 Å². The van der Waals surface area contributed by atoms with Crippen molar-refractivity contribution in [2.45, 2.75) is 6.10 Å². The van der Waals surface area contributed by atoms with E-state index in [-0.39, 0.29) is 0 Å². The number of rotatable bonds is 3. The second-order valence-corrected chi connectivity index (χ2v) is 5.50. The molecule has 0 aliphatic rings. The molecule has 1 aromatic carbocycles. The minimum absolute atomic E-state index is 0.518. The van der Waals surface area contributed by atoms with Crippen LogP contribution < -0.4 is 0 Å². The molecule has 0 aliphatic heterocycles. The fraction of sp³-hybridized carbons (Fsp3) is 0.0833. The van der Waals surface area contributed by atoms with Gasteiger partial charge in [0.05, 0.1) is 18.1 Å². The molecular formula is C12H9ClN4OS. The van der Waals surface area contributed by atoms with Crippen LogP contribution in [0.4, 0.5) is 0 Å². The molecule has 3 rings (SSSR count). The lowest BCUT2D eigenvalue weighted by molar-refractivity contribution is 0.211. The smallest absolute Gasteiger partial charge is 0.149 e. The van der Waals surface area contributed by atoms with Gasteiger partial charge < -0.3 is 5.11 Å². The largest absolute Gasteiger partial charge is 0.379 e. The molecule has 0 saturated carbocycles. The maximum atomic E-state index is 10.3. The highest BCUT2D eigenvalue weighted by molar-refractivity contribution is 7.15. The molecule has 7 heteroatoms. The zero-order valence-electron chi connectivity index (χ0n) is 9.64. The molecule has 5 nitrogen and oxygen atoms in total. The molecule has 1 unspecified atom stereocenters. The molecule has 0 amide bonds. The van der Waals surface area contributed by atoms with Gasteiger partial charge in [-0.25, -0.2) is 9.67 Å². The van der Waals surface area contributed by atoms with Crippen LogP contribution in [0.2, 0.25) is 4.34 Å². The van der Waals surface area contributed by atoms with E-state index in [1.54, 1.807) is 4.68 Å². The normalized spacial score (nSPS) is 12.5. The third kappa shape index (κ3) is 2.37. The van der Waals surface area contributed by atoms with Crippen molar-refractivity contribution < 1.29 is 5.11 Å². The van der Waals surface area contributed by atoms with Crippen LogP contribution in [0, 0.1) is 0 Å². The number of hydrogen-bond donors (Lipinski definition) is 1. The number of aliphatic hydroxyl groups is 1. The van der Waals surface area contributed by atoms with E-state index in [0.717, 1.165) is 5.69 Å². The molecule has 2 aromatic heterocycles. The summed E-state index contributed by atoms with van der Waals surface area (Å²) in [6.45, 7) is 0. The quantitative estimate of drug-likeness (QED) is 0.805. The maximum absolute atomic E-state index is 10.3. The van der Waals surface area contributed by atoms with Crippen LogP contribution in [0.25, 0.3) is 5.69 Å². The summed E-state index contributed by atoms with van der Waals surface area (Å²) in [5.74, 6) is 0. The van der Waals surface area contributed by atoms with Crippen molar-refractivity contribution in [1.82, 2.24) is 20.0 Å². The maximum Gasteiger partial charge on any atom is 0.149 e. The van der Waals surface area contributed by atoms with E-state index in [1.165, 1.54) is 23.7 Å². The van der Waals surface area contributed by atoms with Crippen LogP contribution in [0.3, 0.4) is 0 Å². The number of aromatic nitrogens is 4. The van der Waals surface area contributed by atoms with Crippen LogP contribution >= 0.6 is 22.9 Å². The Labute approximate surface area is 118 Å². The summed E-state index contributed by atoms with van der Waals surface area (Å²) in [5.41, 5.74) is 1.38. The molecule has 2 heterocycles. The molecule has 1 atom stereocenters. The van der Waals surface area contributed by atoms with Gasteiger partial charge in [0.2, 0.25) is 0 Å². The van der Waals surface area contributed by atoms with Gasteiger partial charge in [-0.3, -0.25) is 0 Å². The van der Waals surface area contributed by atoms with Gasteiger partial charge >= 0.3 is 0 Å². The Morgan fingerprint density at radius 2 is 2.00 bits per heavy atom. The highest BCUT2D eigenvalue weighted by atomic mass is 35.5. The first-order valence-corrected chi connectivity index (χ1v) is 6.70. The van der Waals surface area contributed by atoms with Gasteiger partial charge in [-0.05, 0) is 12.1 Å². The monoisotopic (exact) mass is 292 g/mol. The molecule has 0 radical (unpaired) electrons. The summed E-state index contributed by atoms with van der Waals surface area (Å²) in [6.07, 6.45) is 2.14. The van der Waals surface area contributed by atoms with Crippen molar-refractivity contribution >= 4 is 22.9 Å². The lowest BCUT2D eigenvalue weighted by atomic mass is 10.2. The highest BCUT2D eigenvalue weighted by Gasteiger charge is 2.20. The third-order valence-corrected chi connectivity index (χ3v) is 3.75. The van der Waals surface area contributed by atoms with Gasteiger partial charge in [0.15, 0.2) is 0 Å². The van der Waals surface area contributed by atoms with Gasteiger partial charge in [-0.1, -0.05) is 35.0 Å². The van der Waals surface area contributed by atoms with Crippen LogP contribution in [-0.2, 0) is 0 Å². The van der Waals surface area contributed by atoms with Crippen LogP contribution in [0.15, 0.2) is 42.7 Å². The molecule has 0 spiro atoms. The molecule has 96 valence electrons. The van der Waals surface area contributed by atoms with Crippen LogP contribution in [-0.4, -0.2) is 25.1 Å². The van der Waals surface area contributed by atoms with E-state index >= 15 is 0 Å². The van der Waals surface area contributed by atoms with E-state index in [2.05, 4.69) is 15.3 Å². The minimum atomic E-state index is -0.896. The van der Waals surface area contributed by atoms with E-state index in [0.29, 0.717) is 15.0 Å². The van der Waals surface area contributed by atoms with Crippen molar-refractivity contribution in [3.8, 4) is 5.69 Å². The van der Waals surface area contributed by atoms with E-state index in [1.807, 2.05) is 30.3 Å². The summed E-state index contributed by atoms with van der Waals surface area (Å²) in [7, 11) is 0. The number of hydrogen-bond acceptors (Lipinski definition) is 5. The predicted molar refractivity (Wildman–Crippen MR) is 72.5 cm³/mol. The second-order valence-electron chi connectivity index (χ2n) is 3.81. The standard InChI is InChI=1S/C12H9ClN4OS/c13-10-7-14-12(19-10)11(18)9-6-15-16-17(9)8-4-2-1-3-5-8/h1-7,11,18H. The molecule has 0 saturated heterocycles. The first kappa shape index (κ1) is 12.3. The lowest BCUT2D eigenvalue weighted by Crippen LogP contribution is -2.08. The van der Waals surface area contributed by atoms with Crippen molar-refractivity contribution in [3.63, 3.8) is 0 Å². The second kappa shape index (κ2) is 5.08. The van der Waals surface area contributed by atoms with E-state index in [4.69, 9.17) is 11.6 Å². The predicted octanol–water partition coefficient (Wildman–Crippen LogP) is 2.46. The summed E-state index contributed by atoms with van der Waals surface area (Å²) >= 11 is 7.06. The Morgan fingerprint density at radius 3 is 2.68 bits per heavy atom. The van der Waals surface area contributed by atoms with Crippen molar-refractivity contribution in [3.05, 3.63) is 57.8 Å². The lowest BCUT2D eigenvalue weighted by Gasteiger charge is -2.09. The van der Waals surface area contributed by atoms with Gasteiger partial charge in [0, 0.05) is 0 Å². The molecular weight excluding hydrogens is 284 g/mol. The number of para-hydroxylation sites is 1. The number of benzene rings is 1. The Hall–Kier alpha value is -1.76. The van der Waals surface area contributed by atoms with Gasteiger partial charge in [0.25, 0.3) is 0 Å². The third-order valence-electron chi connectivity index (χ3n) is 2.59. The Bertz CT molecular complexity index is 682. The average Bonchev–Trinajstić information content (AvgIpc) is 3.07. The van der Waals surface area contributed by atoms with Crippen LogP contribution in [0.5, 0.6) is 0 Å². The van der Waals surface area contributed by atoms with Crippen molar-refractivity contribution in [2.75, 3.05) is 0 Å². The SMILES string of the molecule is OC(c1ncc(Cl)s1)c1cnnn1-c1ccccc1. The Balaban J connectivity index is 2.01. The zero-order chi connectivity index (χ0) is 13.2. The topological polar surface area (TPSA) is 63.8 Å². The Kier molecular flexibility index (Phi) is 3.29. The summed E-state index contributed by atoms with van der Waals surface area (Å²) < 4.78 is 2.12. The van der Waals surface area contributed by atoms with Crippen LogP contribution in [0.1, 0.15) is 16.8 Å². The first-order chi connectivity index (χ1) is 9.25. The number of nitrogens with zero attached hydrogens (tertiary/aromatic N) is 4. The Morgan fingerprint density at radius 1 is 1.21 bits per heavy atom. The fourth-order valence-corrected chi connectivity index (χ4v) is 2.65. The first-order valence-electron chi connectivity index (χ1n) is 5.51. The average molecular weight is 293 g/mol. The summed E-state index contributed by atoms with van der Waals surface area (Å²) in [5, 5.41) is 18.7. The molecule has 0 bridgehead atoms.